The zero-order valence-electron chi connectivity index (χ0n) is 10.6. The second kappa shape index (κ2) is 4.77. The van der Waals surface area contributed by atoms with Gasteiger partial charge in [0, 0.05) is 18.4 Å². The SMILES string of the molecule is C[C@H](NCC1CC2CCC1C2)c1cccnc1. The molecule has 3 rings (SSSR count). The molecule has 17 heavy (non-hydrogen) atoms. The molecule has 4 atom stereocenters. The summed E-state index contributed by atoms with van der Waals surface area (Å²) in [5, 5.41) is 3.69. The van der Waals surface area contributed by atoms with Gasteiger partial charge in [0.15, 0.2) is 0 Å². The van der Waals surface area contributed by atoms with Crippen molar-refractivity contribution in [3.63, 3.8) is 0 Å². The van der Waals surface area contributed by atoms with E-state index in [0.717, 1.165) is 17.8 Å². The minimum absolute atomic E-state index is 0.433. The first-order valence-electron chi connectivity index (χ1n) is 6.96. The minimum Gasteiger partial charge on any atom is -0.310 e. The Morgan fingerprint density at radius 3 is 3.00 bits per heavy atom. The molecule has 2 aliphatic carbocycles. The first kappa shape index (κ1) is 11.2. The maximum atomic E-state index is 4.18. The molecule has 0 amide bonds. The Labute approximate surface area is 104 Å². The second-order valence-electron chi connectivity index (χ2n) is 5.85. The standard InChI is InChI=1S/C15H22N2/c1-11(14-3-2-6-16-9-14)17-10-15-8-12-4-5-13(15)7-12/h2-3,6,9,11-13,15,17H,4-5,7-8,10H2,1H3/t11-,12?,13?,15?/m0/s1. The van der Waals surface area contributed by atoms with Gasteiger partial charge in [-0.2, -0.15) is 0 Å². The Hall–Kier alpha value is -0.890. The molecule has 2 heteroatoms. The third kappa shape index (κ3) is 2.37. The van der Waals surface area contributed by atoms with E-state index >= 15 is 0 Å². The Bertz CT molecular complexity index is 362. The highest BCUT2D eigenvalue weighted by Crippen LogP contribution is 2.48. The summed E-state index contributed by atoms with van der Waals surface area (Å²) < 4.78 is 0. The van der Waals surface area contributed by atoms with Crippen molar-refractivity contribution in [3.05, 3.63) is 30.1 Å². The molecule has 0 radical (unpaired) electrons. The van der Waals surface area contributed by atoms with Gasteiger partial charge in [-0.05, 0) is 62.1 Å². The van der Waals surface area contributed by atoms with E-state index in [4.69, 9.17) is 0 Å². The lowest BCUT2D eigenvalue weighted by atomic mass is 9.88. The number of aromatic nitrogens is 1. The van der Waals surface area contributed by atoms with Crippen LogP contribution in [-0.4, -0.2) is 11.5 Å². The smallest absolute Gasteiger partial charge is 0.0315 e. The number of nitrogens with one attached hydrogen (secondary N) is 1. The average molecular weight is 230 g/mol. The third-order valence-electron chi connectivity index (χ3n) is 4.76. The van der Waals surface area contributed by atoms with Gasteiger partial charge in [0.2, 0.25) is 0 Å². The van der Waals surface area contributed by atoms with Crippen LogP contribution in [0.15, 0.2) is 24.5 Å². The molecular weight excluding hydrogens is 208 g/mol. The van der Waals surface area contributed by atoms with E-state index in [9.17, 15) is 0 Å². The third-order valence-corrected chi connectivity index (χ3v) is 4.76. The highest BCUT2D eigenvalue weighted by atomic mass is 14.9. The molecule has 1 aromatic heterocycles. The Kier molecular flexibility index (Phi) is 3.15. The van der Waals surface area contributed by atoms with Gasteiger partial charge >= 0.3 is 0 Å². The summed E-state index contributed by atoms with van der Waals surface area (Å²) in [5.74, 6) is 3.02. The van der Waals surface area contributed by atoms with Crippen LogP contribution in [0, 0.1) is 17.8 Å². The highest BCUT2D eigenvalue weighted by molar-refractivity contribution is 5.12. The summed E-state index contributed by atoms with van der Waals surface area (Å²) in [4.78, 5) is 4.18. The molecule has 0 saturated heterocycles. The largest absolute Gasteiger partial charge is 0.310 e. The van der Waals surface area contributed by atoms with E-state index in [1.54, 1.807) is 0 Å². The molecule has 3 unspecified atom stereocenters. The molecule has 1 heterocycles. The highest BCUT2D eigenvalue weighted by Gasteiger charge is 2.39. The van der Waals surface area contributed by atoms with Crippen LogP contribution >= 0.6 is 0 Å². The topological polar surface area (TPSA) is 24.9 Å². The van der Waals surface area contributed by atoms with Gasteiger partial charge in [0.05, 0.1) is 0 Å². The number of rotatable bonds is 4. The predicted molar refractivity (Wildman–Crippen MR) is 69.6 cm³/mol. The second-order valence-corrected chi connectivity index (χ2v) is 5.85. The maximum Gasteiger partial charge on any atom is 0.0315 e. The number of pyridine rings is 1. The Morgan fingerprint density at radius 2 is 2.35 bits per heavy atom. The van der Waals surface area contributed by atoms with E-state index in [1.807, 2.05) is 18.5 Å². The van der Waals surface area contributed by atoms with Crippen molar-refractivity contribution in [2.45, 2.75) is 38.6 Å². The summed E-state index contributed by atoms with van der Waals surface area (Å²) >= 11 is 0. The van der Waals surface area contributed by atoms with E-state index in [-0.39, 0.29) is 0 Å². The fourth-order valence-electron chi connectivity index (χ4n) is 3.70. The van der Waals surface area contributed by atoms with Crippen LogP contribution in [0.1, 0.15) is 44.2 Å². The zero-order chi connectivity index (χ0) is 11.7. The van der Waals surface area contributed by atoms with Crippen molar-refractivity contribution in [2.75, 3.05) is 6.54 Å². The quantitative estimate of drug-likeness (QED) is 0.859. The van der Waals surface area contributed by atoms with Gasteiger partial charge in [-0.1, -0.05) is 12.5 Å². The summed E-state index contributed by atoms with van der Waals surface area (Å²) in [5.41, 5.74) is 1.30. The first-order valence-corrected chi connectivity index (χ1v) is 6.96. The molecule has 2 bridgehead atoms. The molecule has 2 aliphatic rings. The lowest BCUT2D eigenvalue weighted by Gasteiger charge is -2.24. The maximum absolute atomic E-state index is 4.18. The summed E-state index contributed by atoms with van der Waals surface area (Å²) in [6, 6.07) is 4.61. The zero-order valence-corrected chi connectivity index (χ0v) is 10.6. The number of nitrogens with zero attached hydrogens (tertiary/aromatic N) is 1. The van der Waals surface area contributed by atoms with Crippen LogP contribution in [0.25, 0.3) is 0 Å². The summed E-state index contributed by atoms with van der Waals surface area (Å²) in [6.07, 6.45) is 9.77. The molecule has 1 aromatic rings. The molecule has 2 nitrogen and oxygen atoms in total. The van der Waals surface area contributed by atoms with E-state index < -0.39 is 0 Å². The first-order chi connectivity index (χ1) is 8.33. The minimum atomic E-state index is 0.433. The van der Waals surface area contributed by atoms with Crippen molar-refractivity contribution >= 4 is 0 Å². The lowest BCUT2D eigenvalue weighted by molar-refractivity contribution is 0.309. The van der Waals surface area contributed by atoms with Gasteiger partial charge in [-0.25, -0.2) is 0 Å². The van der Waals surface area contributed by atoms with Crippen molar-refractivity contribution in [3.8, 4) is 0 Å². The molecule has 2 fully saturated rings. The van der Waals surface area contributed by atoms with Crippen LogP contribution in [0.4, 0.5) is 0 Å². The van der Waals surface area contributed by atoms with Gasteiger partial charge in [0.25, 0.3) is 0 Å². The van der Waals surface area contributed by atoms with E-state index in [0.29, 0.717) is 6.04 Å². The molecule has 92 valence electrons. The fourth-order valence-corrected chi connectivity index (χ4v) is 3.70. The van der Waals surface area contributed by atoms with Crippen LogP contribution in [0.3, 0.4) is 0 Å². The molecule has 0 spiro atoms. The van der Waals surface area contributed by atoms with Crippen molar-refractivity contribution in [1.82, 2.24) is 10.3 Å². The van der Waals surface area contributed by atoms with E-state index in [2.05, 4.69) is 23.3 Å². The normalized spacial score (nSPS) is 32.9. The Morgan fingerprint density at radius 1 is 1.41 bits per heavy atom. The van der Waals surface area contributed by atoms with Crippen LogP contribution in [-0.2, 0) is 0 Å². The summed E-state index contributed by atoms with van der Waals surface area (Å²) in [6.45, 7) is 3.43. The van der Waals surface area contributed by atoms with Crippen LogP contribution < -0.4 is 5.32 Å². The Balaban J connectivity index is 1.51. The van der Waals surface area contributed by atoms with Crippen LogP contribution in [0.2, 0.25) is 0 Å². The number of hydrogen-bond donors (Lipinski definition) is 1. The van der Waals surface area contributed by atoms with Gasteiger partial charge in [0.1, 0.15) is 0 Å². The molecule has 2 saturated carbocycles. The van der Waals surface area contributed by atoms with Crippen molar-refractivity contribution in [1.29, 1.82) is 0 Å². The number of fused-ring (bicyclic) bond motifs is 2. The van der Waals surface area contributed by atoms with Gasteiger partial charge in [-0.3, -0.25) is 4.98 Å². The molecular formula is C15H22N2. The summed E-state index contributed by atoms with van der Waals surface area (Å²) in [7, 11) is 0. The van der Waals surface area contributed by atoms with Gasteiger partial charge < -0.3 is 5.32 Å². The van der Waals surface area contributed by atoms with E-state index in [1.165, 1.54) is 37.8 Å². The molecule has 1 N–H and O–H groups in total. The average Bonchev–Trinajstić information content (AvgIpc) is 2.99. The van der Waals surface area contributed by atoms with Crippen molar-refractivity contribution in [2.24, 2.45) is 17.8 Å². The van der Waals surface area contributed by atoms with Gasteiger partial charge in [-0.15, -0.1) is 0 Å². The van der Waals surface area contributed by atoms with Crippen LogP contribution in [0.5, 0.6) is 0 Å². The molecule has 0 aliphatic heterocycles. The lowest BCUT2D eigenvalue weighted by Crippen LogP contribution is -2.28. The number of hydrogen-bond acceptors (Lipinski definition) is 2. The predicted octanol–water partition coefficient (Wildman–Crippen LogP) is 3.17. The van der Waals surface area contributed by atoms with Crippen molar-refractivity contribution < 1.29 is 0 Å². The monoisotopic (exact) mass is 230 g/mol. The molecule has 0 aromatic carbocycles. The fraction of sp³-hybridized carbons (Fsp3) is 0.667.